The van der Waals surface area contributed by atoms with Crippen LogP contribution in [0.1, 0.15) is 36.8 Å². The largest absolute Gasteiger partial charge is 0.409 e. The molecule has 0 radical (unpaired) electrons. The number of hydrogen-bond donors (Lipinski definition) is 3. The summed E-state index contributed by atoms with van der Waals surface area (Å²) >= 11 is 0. The average Bonchev–Trinajstić information content (AvgIpc) is 2.82. The van der Waals surface area contributed by atoms with E-state index in [1.54, 1.807) is 23.1 Å². The molecule has 0 unspecified atom stereocenters. The zero-order chi connectivity index (χ0) is 15.9. The zero-order valence-corrected chi connectivity index (χ0v) is 12.6. The zero-order valence-electron chi connectivity index (χ0n) is 12.6. The third-order valence-electron chi connectivity index (χ3n) is 3.81. The van der Waals surface area contributed by atoms with Gasteiger partial charge in [-0.3, -0.25) is 5.01 Å². The molecule has 0 spiro atoms. The van der Waals surface area contributed by atoms with Crippen LogP contribution in [0.4, 0.5) is 4.79 Å². The number of carbonyl (C=O) groups is 1. The van der Waals surface area contributed by atoms with Gasteiger partial charge in [-0.1, -0.05) is 36.2 Å². The molecule has 1 aromatic carbocycles. The fourth-order valence-electron chi connectivity index (χ4n) is 2.59. The highest BCUT2D eigenvalue weighted by Crippen LogP contribution is 2.13. The van der Waals surface area contributed by atoms with E-state index in [9.17, 15) is 4.79 Å². The van der Waals surface area contributed by atoms with E-state index in [1.165, 1.54) is 5.01 Å². The highest BCUT2D eigenvalue weighted by Gasteiger charge is 2.19. The Kier molecular flexibility index (Phi) is 5.60. The van der Waals surface area contributed by atoms with Crippen molar-refractivity contribution >= 4 is 11.9 Å². The lowest BCUT2D eigenvalue weighted by molar-refractivity contribution is 0.152. The van der Waals surface area contributed by atoms with Crippen LogP contribution in [0.5, 0.6) is 0 Å². The summed E-state index contributed by atoms with van der Waals surface area (Å²) in [4.78, 5) is 14.2. The maximum atomic E-state index is 12.4. The number of hydrogen-bond acceptors (Lipinski definition) is 4. The van der Waals surface area contributed by atoms with Crippen LogP contribution < -0.4 is 11.6 Å². The highest BCUT2D eigenvalue weighted by molar-refractivity contribution is 5.97. The lowest BCUT2D eigenvalue weighted by Gasteiger charge is -2.26. The maximum absolute atomic E-state index is 12.4. The Hall–Kier alpha value is -2.28. The predicted molar refractivity (Wildman–Crippen MR) is 84.1 cm³/mol. The van der Waals surface area contributed by atoms with E-state index in [-0.39, 0.29) is 18.4 Å². The molecule has 0 aromatic heterocycles. The van der Waals surface area contributed by atoms with Crippen molar-refractivity contribution in [2.75, 3.05) is 13.1 Å². The summed E-state index contributed by atoms with van der Waals surface area (Å²) in [6.07, 6.45) is 4.38. The van der Waals surface area contributed by atoms with Gasteiger partial charge in [-0.25, -0.2) is 10.6 Å². The summed E-state index contributed by atoms with van der Waals surface area (Å²) in [6, 6.07) is 6.97. The van der Waals surface area contributed by atoms with E-state index in [0.29, 0.717) is 5.56 Å². The van der Waals surface area contributed by atoms with Gasteiger partial charge in [0.05, 0.1) is 6.54 Å². The maximum Gasteiger partial charge on any atom is 0.334 e. The molecule has 22 heavy (non-hydrogen) atoms. The number of nitrogens with two attached hydrogens (primary N) is 2. The molecule has 0 atom stereocenters. The molecule has 120 valence electrons. The summed E-state index contributed by atoms with van der Waals surface area (Å²) < 4.78 is 0. The second-order valence-electron chi connectivity index (χ2n) is 5.50. The van der Waals surface area contributed by atoms with Crippen LogP contribution in [0, 0.1) is 0 Å². The summed E-state index contributed by atoms with van der Waals surface area (Å²) in [5.41, 5.74) is 6.99. The van der Waals surface area contributed by atoms with Gasteiger partial charge in [0.2, 0.25) is 0 Å². The van der Waals surface area contributed by atoms with Gasteiger partial charge >= 0.3 is 6.03 Å². The fraction of sp³-hybridized carbons (Fsp3) is 0.467. The number of urea groups is 1. The second-order valence-corrected chi connectivity index (χ2v) is 5.50. The molecule has 1 heterocycles. The van der Waals surface area contributed by atoms with Crippen LogP contribution in [0.3, 0.4) is 0 Å². The molecular weight excluding hydrogens is 282 g/mol. The van der Waals surface area contributed by atoms with Gasteiger partial charge in [0, 0.05) is 18.7 Å². The van der Waals surface area contributed by atoms with E-state index in [4.69, 9.17) is 16.8 Å². The molecule has 7 heteroatoms. The fourth-order valence-corrected chi connectivity index (χ4v) is 2.59. The van der Waals surface area contributed by atoms with Crippen LogP contribution in [-0.4, -0.2) is 40.1 Å². The van der Waals surface area contributed by atoms with E-state index < -0.39 is 0 Å². The van der Waals surface area contributed by atoms with Crippen molar-refractivity contribution in [1.82, 2.24) is 9.91 Å². The van der Waals surface area contributed by atoms with Gasteiger partial charge in [-0.15, -0.1) is 0 Å². The first-order valence-corrected chi connectivity index (χ1v) is 7.50. The number of rotatable bonds is 3. The Morgan fingerprint density at radius 1 is 1.27 bits per heavy atom. The van der Waals surface area contributed by atoms with Crippen molar-refractivity contribution in [3.05, 3.63) is 35.4 Å². The molecule has 1 aromatic rings. The van der Waals surface area contributed by atoms with Gasteiger partial charge in [0.15, 0.2) is 5.84 Å². The van der Waals surface area contributed by atoms with Crippen molar-refractivity contribution in [2.24, 2.45) is 16.7 Å². The number of oxime groups is 1. The summed E-state index contributed by atoms with van der Waals surface area (Å²) in [5.74, 6) is 5.95. The van der Waals surface area contributed by atoms with Crippen LogP contribution >= 0.6 is 0 Å². The molecule has 1 aliphatic rings. The molecule has 0 saturated carbocycles. The van der Waals surface area contributed by atoms with Crippen molar-refractivity contribution in [3.63, 3.8) is 0 Å². The molecule has 1 fully saturated rings. The number of likely N-dealkylation sites (tertiary alicyclic amines) is 1. The number of amidine groups is 1. The van der Waals surface area contributed by atoms with Crippen molar-refractivity contribution in [1.29, 1.82) is 0 Å². The van der Waals surface area contributed by atoms with Crippen molar-refractivity contribution in [3.8, 4) is 0 Å². The van der Waals surface area contributed by atoms with Crippen molar-refractivity contribution in [2.45, 2.75) is 32.2 Å². The Morgan fingerprint density at radius 2 is 1.95 bits per heavy atom. The van der Waals surface area contributed by atoms with Crippen LogP contribution in [0.2, 0.25) is 0 Å². The molecule has 1 aliphatic heterocycles. The van der Waals surface area contributed by atoms with Gasteiger partial charge in [0.25, 0.3) is 0 Å². The summed E-state index contributed by atoms with van der Waals surface area (Å²) in [6.45, 7) is 1.80. The number of carbonyl (C=O) groups excluding carboxylic acids is 1. The summed E-state index contributed by atoms with van der Waals surface area (Å²) in [7, 11) is 0. The first-order valence-electron chi connectivity index (χ1n) is 7.50. The smallest absolute Gasteiger partial charge is 0.334 e. The molecule has 1 saturated heterocycles. The number of hydrazine groups is 1. The Bertz CT molecular complexity index is 538. The molecule has 0 bridgehead atoms. The van der Waals surface area contributed by atoms with Crippen LogP contribution in [0.25, 0.3) is 0 Å². The van der Waals surface area contributed by atoms with Gasteiger partial charge in [0.1, 0.15) is 0 Å². The first kappa shape index (κ1) is 16.1. The van der Waals surface area contributed by atoms with E-state index in [1.807, 2.05) is 6.07 Å². The average molecular weight is 305 g/mol. The quantitative estimate of drug-likeness (QED) is 0.196. The Balaban J connectivity index is 2.01. The predicted octanol–water partition coefficient (Wildman–Crippen LogP) is 1.45. The van der Waals surface area contributed by atoms with Crippen molar-refractivity contribution < 1.29 is 10.0 Å². The van der Waals surface area contributed by atoms with Gasteiger partial charge in [-0.05, 0) is 24.5 Å². The number of amides is 2. The monoisotopic (exact) mass is 305 g/mol. The van der Waals surface area contributed by atoms with E-state index in [0.717, 1.165) is 44.3 Å². The Labute approximate surface area is 130 Å². The topological polar surface area (TPSA) is 108 Å². The minimum atomic E-state index is -0.156. The second kappa shape index (κ2) is 7.65. The lowest BCUT2D eigenvalue weighted by atomic mass is 10.1. The molecule has 5 N–H and O–H groups in total. The van der Waals surface area contributed by atoms with Crippen LogP contribution in [-0.2, 0) is 6.54 Å². The molecular formula is C15H23N5O2. The highest BCUT2D eigenvalue weighted by atomic mass is 16.4. The third kappa shape index (κ3) is 4.11. The SMILES string of the molecule is N/C(=N\O)c1cccc(CN(N)C(=O)N2CCCCCC2)c1. The Morgan fingerprint density at radius 3 is 2.59 bits per heavy atom. The van der Waals surface area contributed by atoms with Gasteiger partial charge in [-0.2, -0.15) is 0 Å². The standard InChI is InChI=1S/C15H23N5O2/c16-14(18-22)13-7-5-6-12(10-13)11-20(17)15(21)19-8-3-1-2-4-9-19/h5-7,10,22H,1-4,8-9,11,17H2,(H2,16,18). The molecule has 2 amide bonds. The lowest BCUT2D eigenvalue weighted by Crippen LogP contribution is -2.46. The molecule has 2 rings (SSSR count). The number of benzene rings is 1. The van der Waals surface area contributed by atoms with E-state index >= 15 is 0 Å². The minimum absolute atomic E-state index is 0.0317. The number of nitrogens with zero attached hydrogens (tertiary/aromatic N) is 3. The van der Waals surface area contributed by atoms with Crippen LogP contribution in [0.15, 0.2) is 29.4 Å². The van der Waals surface area contributed by atoms with E-state index in [2.05, 4.69) is 5.16 Å². The molecule has 0 aliphatic carbocycles. The van der Waals surface area contributed by atoms with Gasteiger partial charge < -0.3 is 15.8 Å². The first-order chi connectivity index (χ1) is 10.6. The third-order valence-corrected chi connectivity index (χ3v) is 3.81. The normalized spacial score (nSPS) is 16.2. The summed E-state index contributed by atoms with van der Waals surface area (Å²) in [5, 5.41) is 12.9. The molecule has 7 nitrogen and oxygen atoms in total. The minimum Gasteiger partial charge on any atom is -0.409 e.